The van der Waals surface area contributed by atoms with Gasteiger partial charge in [-0.3, -0.25) is 9.80 Å². The lowest BCUT2D eigenvalue weighted by Gasteiger charge is -2.31. The molecule has 2 aromatic carbocycles. The molecule has 138 valence electrons. The van der Waals surface area contributed by atoms with E-state index in [1.807, 2.05) is 12.1 Å². The molecule has 2 heterocycles. The Bertz CT molecular complexity index is 734. The van der Waals surface area contributed by atoms with Crippen LogP contribution in [0, 0.1) is 5.92 Å². The average molecular weight is 352 g/mol. The van der Waals surface area contributed by atoms with Gasteiger partial charge in [-0.15, -0.1) is 0 Å². The Morgan fingerprint density at radius 3 is 2.12 bits per heavy atom. The Balaban J connectivity index is 1.19. The lowest BCUT2D eigenvalue weighted by atomic mass is 10.0. The zero-order valence-electron chi connectivity index (χ0n) is 15.6. The Kier molecular flexibility index (Phi) is 5.42. The van der Waals surface area contributed by atoms with Gasteiger partial charge in [-0.2, -0.15) is 0 Å². The van der Waals surface area contributed by atoms with Crippen molar-refractivity contribution >= 4 is 0 Å². The fraction of sp³-hybridized carbons (Fsp3) is 0.455. The van der Waals surface area contributed by atoms with Crippen LogP contribution in [0.25, 0.3) is 0 Å². The van der Waals surface area contributed by atoms with E-state index < -0.39 is 0 Å². The highest BCUT2D eigenvalue weighted by Crippen LogP contribution is 2.26. The number of hydrogen-bond acceptors (Lipinski definition) is 4. The second-order valence-corrected chi connectivity index (χ2v) is 7.57. The molecule has 2 aliphatic heterocycles. The zero-order valence-corrected chi connectivity index (χ0v) is 15.6. The minimum absolute atomic E-state index is 0.668. The normalized spacial score (nSPS) is 18.3. The molecule has 0 saturated carbocycles. The van der Waals surface area contributed by atoms with Crippen LogP contribution in [0.5, 0.6) is 11.5 Å². The van der Waals surface area contributed by atoms with Crippen molar-refractivity contribution in [2.45, 2.75) is 32.9 Å². The van der Waals surface area contributed by atoms with E-state index >= 15 is 0 Å². The van der Waals surface area contributed by atoms with Crippen LogP contribution in [-0.4, -0.2) is 36.4 Å². The van der Waals surface area contributed by atoms with Gasteiger partial charge in [0.1, 0.15) is 25.0 Å². The van der Waals surface area contributed by atoms with Crippen LogP contribution in [0.15, 0.2) is 48.5 Å². The van der Waals surface area contributed by atoms with Crippen molar-refractivity contribution in [3.05, 3.63) is 59.7 Å². The van der Waals surface area contributed by atoms with Gasteiger partial charge in [0.25, 0.3) is 0 Å². The number of fused-ring (bicyclic) bond motifs is 2. The number of benzene rings is 2. The van der Waals surface area contributed by atoms with Gasteiger partial charge in [-0.05, 0) is 30.9 Å². The predicted octanol–water partition coefficient (Wildman–Crippen LogP) is 4.11. The molecule has 0 N–H and O–H groups in total. The summed E-state index contributed by atoms with van der Waals surface area (Å²) < 4.78 is 11.7. The molecule has 0 amide bonds. The summed E-state index contributed by atoms with van der Waals surface area (Å²) in [6, 6.07) is 16.7. The number of rotatable bonds is 6. The Morgan fingerprint density at radius 2 is 1.42 bits per heavy atom. The highest BCUT2D eigenvalue weighted by atomic mass is 16.5. The second kappa shape index (κ2) is 8.11. The first-order valence-electron chi connectivity index (χ1n) is 9.64. The average Bonchev–Trinajstić information content (AvgIpc) is 2.68. The van der Waals surface area contributed by atoms with Crippen molar-refractivity contribution in [2.75, 3.05) is 26.6 Å². The second-order valence-electron chi connectivity index (χ2n) is 7.57. The summed E-state index contributed by atoms with van der Waals surface area (Å²) in [6.45, 7) is 7.95. The first kappa shape index (κ1) is 17.4. The molecule has 1 unspecified atom stereocenters. The molecule has 2 aliphatic rings. The summed E-state index contributed by atoms with van der Waals surface area (Å²) in [6.07, 6.45) is 2.44. The fourth-order valence-corrected chi connectivity index (χ4v) is 3.90. The minimum Gasteiger partial charge on any atom is -0.478 e. The zero-order chi connectivity index (χ0) is 17.8. The van der Waals surface area contributed by atoms with Crippen molar-refractivity contribution in [3.63, 3.8) is 0 Å². The van der Waals surface area contributed by atoms with Crippen LogP contribution < -0.4 is 9.47 Å². The van der Waals surface area contributed by atoms with Crippen molar-refractivity contribution in [2.24, 2.45) is 5.92 Å². The maximum atomic E-state index is 5.87. The Labute approximate surface area is 156 Å². The molecule has 4 rings (SSSR count). The van der Waals surface area contributed by atoms with Gasteiger partial charge < -0.3 is 9.47 Å². The van der Waals surface area contributed by atoms with Crippen molar-refractivity contribution in [3.8, 4) is 11.5 Å². The summed E-state index contributed by atoms with van der Waals surface area (Å²) >= 11 is 0. The van der Waals surface area contributed by atoms with Crippen LogP contribution in [0.1, 0.15) is 30.9 Å². The molecular weight excluding hydrogens is 324 g/mol. The van der Waals surface area contributed by atoms with Crippen molar-refractivity contribution in [1.29, 1.82) is 0 Å². The maximum absolute atomic E-state index is 5.87. The predicted molar refractivity (Wildman–Crippen MR) is 103 cm³/mol. The third kappa shape index (κ3) is 4.19. The topological polar surface area (TPSA) is 24.9 Å². The van der Waals surface area contributed by atoms with E-state index in [4.69, 9.17) is 9.47 Å². The SMILES string of the molecule is CC(CCCN1COc2ccccc2C1)CN1COc2ccccc2C1. The standard InChI is InChI=1S/C22H28N2O2/c1-18(13-24-15-20-9-3-5-11-22(20)26-17-24)7-6-12-23-14-19-8-2-4-10-21(19)25-16-23/h2-5,8-11,18H,6-7,12-17H2,1H3. The Morgan fingerprint density at radius 1 is 0.846 bits per heavy atom. The summed E-state index contributed by atoms with van der Waals surface area (Å²) in [4.78, 5) is 4.81. The van der Waals surface area contributed by atoms with Gasteiger partial charge in [-0.1, -0.05) is 43.3 Å². The van der Waals surface area contributed by atoms with E-state index in [0.29, 0.717) is 19.4 Å². The molecule has 2 aromatic rings. The molecule has 1 atom stereocenters. The Hall–Kier alpha value is -2.04. The van der Waals surface area contributed by atoms with Crippen LogP contribution in [0.4, 0.5) is 0 Å². The molecule has 4 heteroatoms. The quantitative estimate of drug-likeness (QED) is 0.781. The fourth-order valence-electron chi connectivity index (χ4n) is 3.90. The summed E-state index contributed by atoms with van der Waals surface area (Å²) in [5.41, 5.74) is 2.60. The number of hydrogen-bond donors (Lipinski definition) is 0. The van der Waals surface area contributed by atoms with Crippen molar-refractivity contribution in [1.82, 2.24) is 9.80 Å². The van der Waals surface area contributed by atoms with E-state index in [0.717, 1.165) is 37.7 Å². The number of ether oxygens (including phenoxy) is 2. The highest BCUT2D eigenvalue weighted by molar-refractivity contribution is 5.34. The summed E-state index contributed by atoms with van der Waals surface area (Å²) in [7, 11) is 0. The van der Waals surface area contributed by atoms with Crippen LogP contribution in [0.3, 0.4) is 0 Å². The molecule has 0 bridgehead atoms. The van der Waals surface area contributed by atoms with E-state index in [1.54, 1.807) is 0 Å². The van der Waals surface area contributed by atoms with E-state index in [-0.39, 0.29) is 0 Å². The van der Waals surface area contributed by atoms with Gasteiger partial charge >= 0.3 is 0 Å². The first-order valence-corrected chi connectivity index (χ1v) is 9.64. The van der Waals surface area contributed by atoms with Crippen LogP contribution >= 0.6 is 0 Å². The minimum atomic E-state index is 0.668. The molecule has 0 saturated heterocycles. The van der Waals surface area contributed by atoms with E-state index in [1.165, 1.54) is 24.0 Å². The third-order valence-electron chi connectivity index (χ3n) is 5.28. The molecule has 0 radical (unpaired) electrons. The molecule has 0 fully saturated rings. The summed E-state index contributed by atoms with van der Waals surface area (Å²) in [5, 5.41) is 0. The lowest BCUT2D eigenvalue weighted by molar-refractivity contribution is 0.0753. The van der Waals surface area contributed by atoms with Gasteiger partial charge in [-0.25, -0.2) is 0 Å². The van der Waals surface area contributed by atoms with Crippen molar-refractivity contribution < 1.29 is 9.47 Å². The monoisotopic (exact) mass is 352 g/mol. The van der Waals surface area contributed by atoms with E-state index in [2.05, 4.69) is 53.1 Å². The van der Waals surface area contributed by atoms with Crippen LogP contribution in [-0.2, 0) is 13.1 Å². The lowest BCUT2D eigenvalue weighted by Crippen LogP contribution is -2.36. The van der Waals surface area contributed by atoms with Gasteiger partial charge in [0, 0.05) is 37.3 Å². The first-order chi connectivity index (χ1) is 12.8. The number of nitrogens with zero attached hydrogens (tertiary/aromatic N) is 2. The van der Waals surface area contributed by atoms with Gasteiger partial charge in [0.15, 0.2) is 0 Å². The van der Waals surface area contributed by atoms with E-state index in [9.17, 15) is 0 Å². The van der Waals surface area contributed by atoms with Gasteiger partial charge in [0.05, 0.1) is 0 Å². The number of para-hydroxylation sites is 2. The smallest absolute Gasteiger partial charge is 0.142 e. The third-order valence-corrected chi connectivity index (χ3v) is 5.28. The highest BCUT2D eigenvalue weighted by Gasteiger charge is 2.19. The molecule has 26 heavy (non-hydrogen) atoms. The molecule has 0 aliphatic carbocycles. The largest absolute Gasteiger partial charge is 0.478 e. The molecular formula is C22H28N2O2. The molecule has 0 aromatic heterocycles. The maximum Gasteiger partial charge on any atom is 0.142 e. The molecule has 0 spiro atoms. The van der Waals surface area contributed by atoms with Gasteiger partial charge in [0.2, 0.25) is 0 Å². The van der Waals surface area contributed by atoms with Crippen LogP contribution in [0.2, 0.25) is 0 Å². The summed E-state index contributed by atoms with van der Waals surface area (Å²) in [5.74, 6) is 2.76. The molecule has 4 nitrogen and oxygen atoms in total.